The standard InChI is InChI=1S/C7H7ClN4O/c1-12-7-4(2-9-12)6(8)10-5(3-13)11-7/h2,13H,3H2,1H3. The Kier molecular flexibility index (Phi) is 1.90. The van der Waals surface area contributed by atoms with Gasteiger partial charge in [-0.1, -0.05) is 11.6 Å². The molecule has 0 bridgehead atoms. The third-order valence-electron chi connectivity index (χ3n) is 1.73. The SMILES string of the molecule is Cn1ncc2c(Cl)nc(CO)nc21. The lowest BCUT2D eigenvalue weighted by Crippen LogP contribution is -1.98. The number of hydrogen-bond acceptors (Lipinski definition) is 4. The lowest BCUT2D eigenvalue weighted by molar-refractivity contribution is 0.271. The van der Waals surface area contributed by atoms with Crippen LogP contribution in [0.1, 0.15) is 5.82 Å². The molecule has 0 aliphatic rings. The number of aryl methyl sites for hydroxylation is 1. The molecule has 2 aromatic rings. The van der Waals surface area contributed by atoms with Crippen LogP contribution in [0.3, 0.4) is 0 Å². The van der Waals surface area contributed by atoms with Crippen molar-refractivity contribution in [2.45, 2.75) is 6.61 Å². The predicted molar refractivity (Wildman–Crippen MR) is 47.2 cm³/mol. The van der Waals surface area contributed by atoms with Gasteiger partial charge in [0, 0.05) is 7.05 Å². The second kappa shape index (κ2) is 2.93. The molecule has 0 aliphatic heterocycles. The maximum atomic E-state index is 8.84. The molecule has 0 saturated heterocycles. The van der Waals surface area contributed by atoms with Crippen LogP contribution in [-0.4, -0.2) is 24.9 Å². The zero-order valence-electron chi connectivity index (χ0n) is 6.90. The summed E-state index contributed by atoms with van der Waals surface area (Å²) in [7, 11) is 1.76. The lowest BCUT2D eigenvalue weighted by atomic mass is 10.4. The number of aliphatic hydroxyl groups is 1. The third-order valence-corrected chi connectivity index (χ3v) is 2.02. The Labute approximate surface area is 79.0 Å². The summed E-state index contributed by atoms with van der Waals surface area (Å²) in [5, 5.41) is 13.8. The van der Waals surface area contributed by atoms with Crippen molar-refractivity contribution in [3.63, 3.8) is 0 Å². The van der Waals surface area contributed by atoms with Crippen LogP contribution in [0.2, 0.25) is 5.15 Å². The summed E-state index contributed by atoms with van der Waals surface area (Å²) in [6.45, 7) is -0.221. The molecule has 2 heterocycles. The van der Waals surface area contributed by atoms with Gasteiger partial charge in [0.25, 0.3) is 0 Å². The summed E-state index contributed by atoms with van der Waals surface area (Å²) in [6, 6.07) is 0. The first-order valence-electron chi connectivity index (χ1n) is 3.67. The molecule has 0 unspecified atom stereocenters. The molecular formula is C7H7ClN4O. The van der Waals surface area contributed by atoms with E-state index in [1.54, 1.807) is 17.9 Å². The monoisotopic (exact) mass is 198 g/mol. The highest BCUT2D eigenvalue weighted by Gasteiger charge is 2.08. The van der Waals surface area contributed by atoms with Gasteiger partial charge in [-0.3, -0.25) is 4.68 Å². The van der Waals surface area contributed by atoms with E-state index in [9.17, 15) is 0 Å². The molecule has 0 radical (unpaired) electrons. The van der Waals surface area contributed by atoms with Crippen molar-refractivity contribution in [1.82, 2.24) is 19.7 Å². The molecule has 5 nitrogen and oxygen atoms in total. The van der Waals surface area contributed by atoms with Gasteiger partial charge in [0.15, 0.2) is 11.5 Å². The maximum Gasteiger partial charge on any atom is 0.162 e. The average molecular weight is 199 g/mol. The molecule has 0 atom stereocenters. The number of aliphatic hydroxyl groups excluding tert-OH is 1. The average Bonchev–Trinajstić information content (AvgIpc) is 2.48. The fourth-order valence-electron chi connectivity index (χ4n) is 1.10. The van der Waals surface area contributed by atoms with Gasteiger partial charge in [0.2, 0.25) is 0 Å². The molecule has 2 aromatic heterocycles. The van der Waals surface area contributed by atoms with Gasteiger partial charge in [0.05, 0.1) is 11.6 Å². The molecule has 0 fully saturated rings. The van der Waals surface area contributed by atoms with E-state index in [0.717, 1.165) is 0 Å². The minimum Gasteiger partial charge on any atom is -0.388 e. The Morgan fingerprint density at radius 2 is 2.31 bits per heavy atom. The second-order valence-electron chi connectivity index (χ2n) is 2.59. The first-order chi connectivity index (χ1) is 6.22. The first-order valence-corrected chi connectivity index (χ1v) is 4.05. The predicted octanol–water partition coefficient (Wildman–Crippen LogP) is 0.509. The van der Waals surface area contributed by atoms with Gasteiger partial charge < -0.3 is 5.11 Å². The Balaban J connectivity index is 2.80. The van der Waals surface area contributed by atoms with Crippen LogP contribution in [0.15, 0.2) is 6.20 Å². The number of nitrogens with zero attached hydrogens (tertiary/aromatic N) is 4. The van der Waals surface area contributed by atoms with E-state index < -0.39 is 0 Å². The topological polar surface area (TPSA) is 63.8 Å². The summed E-state index contributed by atoms with van der Waals surface area (Å²) in [5.74, 6) is 0.307. The maximum absolute atomic E-state index is 8.84. The van der Waals surface area contributed by atoms with Crippen molar-refractivity contribution in [3.05, 3.63) is 17.2 Å². The zero-order valence-corrected chi connectivity index (χ0v) is 7.65. The molecular weight excluding hydrogens is 192 g/mol. The number of hydrogen-bond donors (Lipinski definition) is 1. The van der Waals surface area contributed by atoms with Crippen molar-refractivity contribution in [2.75, 3.05) is 0 Å². The number of aromatic nitrogens is 4. The Bertz CT molecular complexity index is 453. The molecule has 0 amide bonds. The van der Waals surface area contributed by atoms with E-state index in [4.69, 9.17) is 16.7 Å². The van der Waals surface area contributed by atoms with Crippen LogP contribution in [0.4, 0.5) is 0 Å². The van der Waals surface area contributed by atoms with Crippen LogP contribution in [0.25, 0.3) is 11.0 Å². The number of fused-ring (bicyclic) bond motifs is 1. The van der Waals surface area contributed by atoms with Gasteiger partial charge in [-0.25, -0.2) is 9.97 Å². The Morgan fingerprint density at radius 3 is 3.00 bits per heavy atom. The summed E-state index contributed by atoms with van der Waals surface area (Å²) in [4.78, 5) is 7.95. The summed E-state index contributed by atoms with van der Waals surface area (Å²) in [6.07, 6.45) is 1.60. The molecule has 0 saturated carbocycles. The van der Waals surface area contributed by atoms with Crippen LogP contribution in [0.5, 0.6) is 0 Å². The normalized spacial score (nSPS) is 11.0. The Hall–Kier alpha value is -1.20. The molecule has 6 heteroatoms. The highest BCUT2D eigenvalue weighted by atomic mass is 35.5. The van der Waals surface area contributed by atoms with Crippen LogP contribution >= 0.6 is 11.6 Å². The van der Waals surface area contributed by atoms with Crippen molar-refractivity contribution < 1.29 is 5.11 Å². The molecule has 13 heavy (non-hydrogen) atoms. The first kappa shape index (κ1) is 8.40. The van der Waals surface area contributed by atoms with Crippen molar-refractivity contribution >= 4 is 22.6 Å². The van der Waals surface area contributed by atoms with E-state index >= 15 is 0 Å². The highest BCUT2D eigenvalue weighted by molar-refractivity contribution is 6.33. The van der Waals surface area contributed by atoms with Gasteiger partial charge in [-0.05, 0) is 0 Å². The summed E-state index contributed by atoms with van der Waals surface area (Å²) in [5.41, 5.74) is 0.629. The van der Waals surface area contributed by atoms with Crippen molar-refractivity contribution in [1.29, 1.82) is 0 Å². The number of halogens is 1. The van der Waals surface area contributed by atoms with Crippen molar-refractivity contribution in [3.8, 4) is 0 Å². The van der Waals surface area contributed by atoms with E-state index in [1.807, 2.05) is 0 Å². The molecule has 1 N–H and O–H groups in total. The third kappa shape index (κ3) is 1.26. The minimum absolute atomic E-state index is 0.221. The fraction of sp³-hybridized carbons (Fsp3) is 0.286. The second-order valence-corrected chi connectivity index (χ2v) is 2.95. The number of rotatable bonds is 1. The van der Waals surface area contributed by atoms with E-state index in [2.05, 4.69) is 15.1 Å². The summed E-state index contributed by atoms with van der Waals surface area (Å²) >= 11 is 5.84. The lowest BCUT2D eigenvalue weighted by Gasteiger charge is -1.98. The van der Waals surface area contributed by atoms with Crippen molar-refractivity contribution in [2.24, 2.45) is 7.05 Å². The van der Waals surface area contributed by atoms with Gasteiger partial charge >= 0.3 is 0 Å². The quantitative estimate of drug-likeness (QED) is 0.679. The zero-order chi connectivity index (χ0) is 9.42. The van der Waals surface area contributed by atoms with Crippen LogP contribution < -0.4 is 0 Å². The van der Waals surface area contributed by atoms with Crippen LogP contribution in [0, 0.1) is 0 Å². The van der Waals surface area contributed by atoms with E-state index in [-0.39, 0.29) is 6.61 Å². The van der Waals surface area contributed by atoms with Gasteiger partial charge in [0.1, 0.15) is 11.8 Å². The largest absolute Gasteiger partial charge is 0.388 e. The molecule has 68 valence electrons. The smallest absolute Gasteiger partial charge is 0.162 e. The van der Waals surface area contributed by atoms with E-state index in [0.29, 0.717) is 22.0 Å². The molecule has 0 spiro atoms. The highest BCUT2D eigenvalue weighted by Crippen LogP contribution is 2.18. The molecule has 0 aromatic carbocycles. The van der Waals surface area contributed by atoms with Crippen LogP contribution in [-0.2, 0) is 13.7 Å². The van der Waals surface area contributed by atoms with Gasteiger partial charge in [-0.2, -0.15) is 5.10 Å². The summed E-state index contributed by atoms with van der Waals surface area (Å²) < 4.78 is 1.59. The van der Waals surface area contributed by atoms with E-state index in [1.165, 1.54) is 0 Å². The van der Waals surface area contributed by atoms with Gasteiger partial charge in [-0.15, -0.1) is 0 Å². The minimum atomic E-state index is -0.221. The fourth-order valence-corrected chi connectivity index (χ4v) is 1.33. The Morgan fingerprint density at radius 1 is 1.54 bits per heavy atom. The molecule has 2 rings (SSSR count). The molecule has 0 aliphatic carbocycles.